The number of nitrogens with one attached hydrogen (secondary N) is 1. The van der Waals surface area contributed by atoms with Gasteiger partial charge in [0.2, 0.25) is 0 Å². The summed E-state index contributed by atoms with van der Waals surface area (Å²) in [6.07, 6.45) is 6.32. The van der Waals surface area contributed by atoms with Gasteiger partial charge in [-0.05, 0) is 51.8 Å². The number of amides is 1. The molecule has 6 heteroatoms. The number of hydrogen-bond donors (Lipinski definition) is 1. The van der Waals surface area contributed by atoms with Crippen molar-refractivity contribution in [2.24, 2.45) is 0 Å². The molecule has 0 aliphatic heterocycles. The molecular formula is C21H28N2O4. The maximum Gasteiger partial charge on any atom is 0.340 e. The van der Waals surface area contributed by atoms with Gasteiger partial charge in [0.25, 0.3) is 5.91 Å². The highest BCUT2D eigenvalue weighted by molar-refractivity contribution is 5.93. The van der Waals surface area contributed by atoms with Crippen LogP contribution < -0.4 is 5.32 Å². The quantitative estimate of drug-likeness (QED) is 0.784. The van der Waals surface area contributed by atoms with Gasteiger partial charge < -0.3 is 19.0 Å². The van der Waals surface area contributed by atoms with Crippen molar-refractivity contribution in [2.75, 3.05) is 0 Å². The van der Waals surface area contributed by atoms with E-state index in [4.69, 9.17) is 9.15 Å². The fourth-order valence-corrected chi connectivity index (χ4v) is 3.65. The number of furan rings is 1. The monoisotopic (exact) mass is 372 g/mol. The summed E-state index contributed by atoms with van der Waals surface area (Å²) in [5.41, 5.74) is 2.22. The number of carbonyl (C=O) groups is 2. The number of aromatic nitrogens is 1. The fourth-order valence-electron chi connectivity index (χ4n) is 3.65. The molecule has 0 radical (unpaired) electrons. The minimum Gasteiger partial charge on any atom is -0.467 e. The first kappa shape index (κ1) is 19.3. The smallest absolute Gasteiger partial charge is 0.340 e. The zero-order valence-electron chi connectivity index (χ0n) is 16.3. The predicted octanol–water partition coefficient (Wildman–Crippen LogP) is 3.74. The minimum atomic E-state index is -0.812. The summed E-state index contributed by atoms with van der Waals surface area (Å²) in [7, 11) is 0. The van der Waals surface area contributed by atoms with Gasteiger partial charge in [0.15, 0.2) is 6.10 Å². The van der Waals surface area contributed by atoms with Crippen LogP contribution in [-0.2, 0) is 16.1 Å². The van der Waals surface area contributed by atoms with Gasteiger partial charge in [0.05, 0.1) is 18.4 Å². The second kappa shape index (κ2) is 8.46. The van der Waals surface area contributed by atoms with Crippen LogP contribution in [0.25, 0.3) is 0 Å². The van der Waals surface area contributed by atoms with Gasteiger partial charge in [-0.15, -0.1) is 0 Å². The van der Waals surface area contributed by atoms with Gasteiger partial charge in [0.1, 0.15) is 5.76 Å². The number of ether oxygens (including phenoxy) is 1. The Bertz CT molecular complexity index is 785. The molecule has 0 bridgehead atoms. The van der Waals surface area contributed by atoms with E-state index in [0.717, 1.165) is 42.8 Å². The van der Waals surface area contributed by atoms with E-state index >= 15 is 0 Å². The number of hydrogen-bond acceptors (Lipinski definition) is 4. The van der Waals surface area contributed by atoms with Gasteiger partial charge in [-0.25, -0.2) is 4.79 Å². The molecule has 1 aliphatic carbocycles. The Morgan fingerprint density at radius 2 is 2.04 bits per heavy atom. The standard InChI is InChI=1S/C21H28N2O4/c1-14-12-19(15(2)23(14)13-18-10-7-11-26-18)21(25)27-16(3)20(24)22-17-8-5-4-6-9-17/h7,10-12,16-17H,4-6,8-9,13H2,1-3H3,(H,22,24)/t16-/m1/s1. The third-order valence-corrected chi connectivity index (χ3v) is 5.29. The molecule has 2 heterocycles. The van der Waals surface area contributed by atoms with Crippen LogP contribution >= 0.6 is 0 Å². The van der Waals surface area contributed by atoms with Crippen molar-refractivity contribution in [2.45, 2.75) is 71.6 Å². The van der Waals surface area contributed by atoms with Crippen molar-refractivity contribution in [3.8, 4) is 0 Å². The first-order chi connectivity index (χ1) is 13.0. The number of aryl methyl sites for hydroxylation is 1. The molecule has 1 fully saturated rings. The third kappa shape index (κ3) is 4.62. The lowest BCUT2D eigenvalue weighted by molar-refractivity contribution is -0.130. The average molecular weight is 372 g/mol. The lowest BCUT2D eigenvalue weighted by atomic mass is 9.95. The summed E-state index contributed by atoms with van der Waals surface area (Å²) >= 11 is 0. The summed E-state index contributed by atoms with van der Waals surface area (Å²) in [5, 5.41) is 3.00. The van der Waals surface area contributed by atoms with E-state index in [1.807, 2.05) is 30.5 Å². The van der Waals surface area contributed by atoms with E-state index in [2.05, 4.69) is 5.32 Å². The van der Waals surface area contributed by atoms with Crippen molar-refractivity contribution in [1.82, 2.24) is 9.88 Å². The van der Waals surface area contributed by atoms with Crippen molar-refractivity contribution in [3.05, 3.63) is 47.2 Å². The first-order valence-corrected chi connectivity index (χ1v) is 9.66. The van der Waals surface area contributed by atoms with Gasteiger partial charge in [-0.2, -0.15) is 0 Å². The van der Waals surface area contributed by atoms with E-state index < -0.39 is 12.1 Å². The molecular weight excluding hydrogens is 344 g/mol. The zero-order valence-corrected chi connectivity index (χ0v) is 16.3. The van der Waals surface area contributed by atoms with E-state index in [1.54, 1.807) is 19.3 Å². The molecule has 1 saturated carbocycles. The number of esters is 1. The summed E-state index contributed by atoms with van der Waals surface area (Å²) in [5.74, 6) is 0.122. The summed E-state index contributed by atoms with van der Waals surface area (Å²) in [6.45, 7) is 5.99. The molecule has 27 heavy (non-hydrogen) atoms. The van der Waals surface area contributed by atoms with Gasteiger partial charge in [-0.1, -0.05) is 19.3 Å². The predicted molar refractivity (Wildman–Crippen MR) is 102 cm³/mol. The molecule has 2 aromatic heterocycles. The highest BCUT2D eigenvalue weighted by atomic mass is 16.5. The molecule has 1 atom stereocenters. The van der Waals surface area contributed by atoms with Crippen LogP contribution in [0.4, 0.5) is 0 Å². The molecule has 1 N–H and O–H groups in total. The number of carbonyl (C=O) groups excluding carboxylic acids is 2. The molecule has 1 amide bonds. The maximum atomic E-state index is 12.6. The van der Waals surface area contributed by atoms with E-state index in [0.29, 0.717) is 12.1 Å². The molecule has 146 valence electrons. The molecule has 1 aliphatic rings. The second-order valence-electron chi connectivity index (χ2n) is 7.34. The Morgan fingerprint density at radius 1 is 1.30 bits per heavy atom. The Morgan fingerprint density at radius 3 is 2.70 bits per heavy atom. The molecule has 2 aromatic rings. The Hall–Kier alpha value is -2.50. The Kier molecular flexibility index (Phi) is 6.04. The highest BCUT2D eigenvalue weighted by Crippen LogP contribution is 2.20. The van der Waals surface area contributed by atoms with Crippen LogP contribution in [0.15, 0.2) is 28.9 Å². The van der Waals surface area contributed by atoms with Crippen LogP contribution in [0.3, 0.4) is 0 Å². The molecule has 6 nitrogen and oxygen atoms in total. The van der Waals surface area contributed by atoms with Crippen LogP contribution in [0.2, 0.25) is 0 Å². The largest absolute Gasteiger partial charge is 0.467 e. The SMILES string of the molecule is Cc1cc(C(=O)O[C@H](C)C(=O)NC2CCCCC2)c(C)n1Cc1ccco1. The first-order valence-electron chi connectivity index (χ1n) is 9.66. The molecule has 0 spiro atoms. The van der Waals surface area contributed by atoms with Crippen LogP contribution in [0, 0.1) is 13.8 Å². The molecule has 0 unspecified atom stereocenters. The van der Waals surface area contributed by atoms with Crippen LogP contribution in [0.5, 0.6) is 0 Å². The normalized spacial score (nSPS) is 16.1. The Labute approximate surface area is 159 Å². The topological polar surface area (TPSA) is 73.5 Å². The highest BCUT2D eigenvalue weighted by Gasteiger charge is 2.25. The summed E-state index contributed by atoms with van der Waals surface area (Å²) < 4.78 is 12.8. The zero-order chi connectivity index (χ0) is 19.4. The van der Waals surface area contributed by atoms with Gasteiger partial charge >= 0.3 is 5.97 Å². The van der Waals surface area contributed by atoms with Crippen molar-refractivity contribution in [1.29, 1.82) is 0 Å². The Balaban J connectivity index is 1.62. The van der Waals surface area contributed by atoms with E-state index in [1.165, 1.54) is 6.42 Å². The summed E-state index contributed by atoms with van der Waals surface area (Å²) in [6, 6.07) is 5.73. The lowest BCUT2D eigenvalue weighted by Crippen LogP contribution is -2.42. The van der Waals surface area contributed by atoms with Crippen molar-refractivity contribution >= 4 is 11.9 Å². The van der Waals surface area contributed by atoms with E-state index in [9.17, 15) is 9.59 Å². The van der Waals surface area contributed by atoms with Crippen molar-refractivity contribution in [3.63, 3.8) is 0 Å². The minimum absolute atomic E-state index is 0.200. The third-order valence-electron chi connectivity index (χ3n) is 5.29. The van der Waals surface area contributed by atoms with Gasteiger partial charge in [-0.3, -0.25) is 4.79 Å². The lowest BCUT2D eigenvalue weighted by Gasteiger charge is -2.24. The van der Waals surface area contributed by atoms with Crippen LogP contribution in [0.1, 0.15) is 66.5 Å². The molecule has 0 aromatic carbocycles. The van der Waals surface area contributed by atoms with Gasteiger partial charge in [0, 0.05) is 17.4 Å². The summed E-state index contributed by atoms with van der Waals surface area (Å²) in [4.78, 5) is 24.9. The molecule has 3 rings (SSSR count). The molecule has 0 saturated heterocycles. The van der Waals surface area contributed by atoms with E-state index in [-0.39, 0.29) is 11.9 Å². The fraction of sp³-hybridized carbons (Fsp3) is 0.524. The van der Waals surface area contributed by atoms with Crippen molar-refractivity contribution < 1.29 is 18.7 Å². The second-order valence-corrected chi connectivity index (χ2v) is 7.34. The number of nitrogens with zero attached hydrogens (tertiary/aromatic N) is 1. The maximum absolute atomic E-state index is 12.6. The number of rotatable bonds is 6. The average Bonchev–Trinajstić information content (AvgIpc) is 3.26. The van der Waals surface area contributed by atoms with Crippen LogP contribution in [-0.4, -0.2) is 28.6 Å².